The lowest BCUT2D eigenvalue weighted by Gasteiger charge is -2.18. The SMILES string of the molecule is CNc1cc(Nc2cnc(C#N)c(O[C@H](C)CN(C)C)n2)ncc1C. The smallest absolute Gasteiger partial charge is 0.253 e. The van der Waals surface area contributed by atoms with Crippen LogP contribution in [-0.4, -0.2) is 53.6 Å². The first-order chi connectivity index (χ1) is 11.9. The summed E-state index contributed by atoms with van der Waals surface area (Å²) in [6.45, 7) is 4.60. The predicted molar refractivity (Wildman–Crippen MR) is 97.2 cm³/mol. The summed E-state index contributed by atoms with van der Waals surface area (Å²) in [4.78, 5) is 14.8. The summed E-state index contributed by atoms with van der Waals surface area (Å²) in [5.74, 6) is 1.30. The molecule has 0 aliphatic rings. The lowest BCUT2D eigenvalue weighted by Crippen LogP contribution is -2.28. The van der Waals surface area contributed by atoms with E-state index in [1.165, 1.54) is 6.20 Å². The number of anilines is 3. The Hall–Kier alpha value is -2.92. The first-order valence-electron chi connectivity index (χ1n) is 7.93. The molecule has 1 atom stereocenters. The van der Waals surface area contributed by atoms with Crippen molar-refractivity contribution in [2.75, 3.05) is 38.3 Å². The number of ether oxygens (including phenoxy) is 1. The third kappa shape index (κ3) is 5.02. The van der Waals surface area contributed by atoms with Crippen molar-refractivity contribution in [1.82, 2.24) is 19.9 Å². The highest BCUT2D eigenvalue weighted by Gasteiger charge is 2.14. The molecule has 0 spiro atoms. The van der Waals surface area contributed by atoms with Crippen molar-refractivity contribution in [3.8, 4) is 11.9 Å². The van der Waals surface area contributed by atoms with Crippen molar-refractivity contribution in [2.45, 2.75) is 20.0 Å². The number of rotatable bonds is 7. The maximum absolute atomic E-state index is 9.21. The van der Waals surface area contributed by atoms with Crippen LogP contribution in [0.1, 0.15) is 18.2 Å². The van der Waals surface area contributed by atoms with Gasteiger partial charge in [-0.1, -0.05) is 0 Å². The van der Waals surface area contributed by atoms with Gasteiger partial charge in [-0.05, 0) is 33.5 Å². The van der Waals surface area contributed by atoms with E-state index in [9.17, 15) is 5.26 Å². The van der Waals surface area contributed by atoms with Crippen molar-refractivity contribution in [1.29, 1.82) is 5.26 Å². The van der Waals surface area contributed by atoms with Gasteiger partial charge in [-0.15, -0.1) is 0 Å². The first-order valence-corrected chi connectivity index (χ1v) is 7.93. The highest BCUT2D eigenvalue weighted by atomic mass is 16.5. The number of likely N-dealkylation sites (N-methyl/N-ethyl adjacent to an activating group) is 1. The van der Waals surface area contributed by atoms with Gasteiger partial charge in [-0.3, -0.25) is 0 Å². The van der Waals surface area contributed by atoms with E-state index in [1.807, 2.05) is 52.0 Å². The summed E-state index contributed by atoms with van der Waals surface area (Å²) in [6.07, 6.45) is 3.13. The van der Waals surface area contributed by atoms with Gasteiger partial charge < -0.3 is 20.3 Å². The molecule has 8 heteroatoms. The molecule has 0 saturated carbocycles. The van der Waals surface area contributed by atoms with Gasteiger partial charge in [-0.2, -0.15) is 10.2 Å². The average Bonchev–Trinajstić information content (AvgIpc) is 2.56. The second-order valence-corrected chi connectivity index (χ2v) is 5.97. The minimum absolute atomic E-state index is 0.125. The number of pyridine rings is 1. The second kappa shape index (κ2) is 8.26. The maximum Gasteiger partial charge on any atom is 0.253 e. The van der Waals surface area contributed by atoms with E-state index >= 15 is 0 Å². The summed E-state index contributed by atoms with van der Waals surface area (Å²) >= 11 is 0. The monoisotopic (exact) mass is 341 g/mol. The van der Waals surface area contributed by atoms with Crippen LogP contribution in [0.2, 0.25) is 0 Å². The summed E-state index contributed by atoms with van der Waals surface area (Å²) in [5, 5.41) is 15.4. The third-order valence-corrected chi connectivity index (χ3v) is 3.41. The van der Waals surface area contributed by atoms with Gasteiger partial charge in [0, 0.05) is 31.5 Å². The summed E-state index contributed by atoms with van der Waals surface area (Å²) in [7, 11) is 5.76. The number of aromatic nitrogens is 3. The molecular formula is C17H23N7O. The molecule has 0 aromatic carbocycles. The van der Waals surface area contributed by atoms with E-state index in [4.69, 9.17) is 4.74 Å². The van der Waals surface area contributed by atoms with E-state index in [0.717, 1.165) is 11.3 Å². The lowest BCUT2D eigenvalue weighted by atomic mass is 10.2. The van der Waals surface area contributed by atoms with E-state index in [2.05, 4.69) is 25.6 Å². The zero-order valence-corrected chi connectivity index (χ0v) is 15.2. The fourth-order valence-corrected chi connectivity index (χ4v) is 2.33. The summed E-state index contributed by atoms with van der Waals surface area (Å²) < 4.78 is 5.78. The molecule has 0 aliphatic carbocycles. The number of nitrogens with zero attached hydrogens (tertiary/aromatic N) is 5. The van der Waals surface area contributed by atoms with Crippen LogP contribution in [0.3, 0.4) is 0 Å². The second-order valence-electron chi connectivity index (χ2n) is 5.97. The Morgan fingerprint density at radius 2 is 2.04 bits per heavy atom. The van der Waals surface area contributed by atoms with Crippen molar-refractivity contribution >= 4 is 17.3 Å². The van der Waals surface area contributed by atoms with Crippen molar-refractivity contribution in [3.05, 3.63) is 29.7 Å². The van der Waals surface area contributed by atoms with Crippen molar-refractivity contribution < 1.29 is 4.74 Å². The Morgan fingerprint density at radius 3 is 2.68 bits per heavy atom. The molecule has 2 heterocycles. The molecule has 0 bridgehead atoms. The Labute approximate surface area is 147 Å². The molecule has 132 valence electrons. The molecule has 0 aliphatic heterocycles. The molecule has 2 N–H and O–H groups in total. The Kier molecular flexibility index (Phi) is 6.08. The van der Waals surface area contributed by atoms with Crippen molar-refractivity contribution in [3.63, 3.8) is 0 Å². The molecule has 2 aromatic rings. The maximum atomic E-state index is 9.21. The molecule has 2 rings (SSSR count). The number of hydrogen-bond donors (Lipinski definition) is 2. The largest absolute Gasteiger partial charge is 0.471 e. The molecule has 25 heavy (non-hydrogen) atoms. The van der Waals surface area contributed by atoms with Crippen LogP contribution < -0.4 is 15.4 Å². The normalized spacial score (nSPS) is 11.7. The molecule has 0 unspecified atom stereocenters. The molecule has 0 saturated heterocycles. The number of aryl methyl sites for hydroxylation is 1. The highest BCUT2D eigenvalue weighted by Crippen LogP contribution is 2.22. The fraction of sp³-hybridized carbons (Fsp3) is 0.412. The molecule has 0 fully saturated rings. The van der Waals surface area contributed by atoms with Gasteiger partial charge in [-0.25, -0.2) is 9.97 Å². The van der Waals surface area contributed by atoms with Gasteiger partial charge >= 0.3 is 0 Å². The zero-order chi connectivity index (χ0) is 18.4. The Morgan fingerprint density at radius 1 is 1.28 bits per heavy atom. The van der Waals surface area contributed by atoms with Crippen LogP contribution in [0.15, 0.2) is 18.5 Å². The minimum Gasteiger partial charge on any atom is -0.471 e. The van der Waals surface area contributed by atoms with Crippen LogP contribution >= 0.6 is 0 Å². The van der Waals surface area contributed by atoms with Crippen LogP contribution in [0, 0.1) is 18.3 Å². The van der Waals surface area contributed by atoms with Crippen LogP contribution in [0.5, 0.6) is 5.88 Å². The zero-order valence-electron chi connectivity index (χ0n) is 15.2. The quantitative estimate of drug-likeness (QED) is 0.790. The Balaban J connectivity index is 2.22. The molecule has 0 amide bonds. The van der Waals surface area contributed by atoms with Crippen LogP contribution in [-0.2, 0) is 0 Å². The predicted octanol–water partition coefficient (Wildman–Crippen LogP) is 2.17. The summed E-state index contributed by atoms with van der Waals surface area (Å²) in [5.41, 5.74) is 2.17. The van der Waals surface area contributed by atoms with Gasteiger partial charge in [0.15, 0.2) is 5.82 Å². The van der Waals surface area contributed by atoms with Crippen LogP contribution in [0.4, 0.5) is 17.3 Å². The minimum atomic E-state index is -0.125. The number of nitrogens with one attached hydrogen (secondary N) is 2. The molecular weight excluding hydrogens is 318 g/mol. The molecule has 0 radical (unpaired) electrons. The lowest BCUT2D eigenvalue weighted by molar-refractivity contribution is 0.169. The van der Waals surface area contributed by atoms with Gasteiger partial charge in [0.05, 0.1) is 6.20 Å². The Bertz CT molecular complexity index is 770. The fourth-order valence-electron chi connectivity index (χ4n) is 2.33. The van der Waals surface area contributed by atoms with Gasteiger partial charge in [0.25, 0.3) is 5.88 Å². The number of hydrogen-bond acceptors (Lipinski definition) is 8. The highest BCUT2D eigenvalue weighted by molar-refractivity contribution is 5.61. The average molecular weight is 341 g/mol. The van der Waals surface area contributed by atoms with E-state index in [1.54, 1.807) is 6.20 Å². The number of nitriles is 1. The third-order valence-electron chi connectivity index (χ3n) is 3.41. The molecule has 2 aromatic heterocycles. The van der Waals surface area contributed by atoms with Crippen molar-refractivity contribution in [2.24, 2.45) is 0 Å². The molecule has 8 nitrogen and oxygen atoms in total. The van der Waals surface area contributed by atoms with E-state index in [0.29, 0.717) is 18.2 Å². The van der Waals surface area contributed by atoms with Gasteiger partial charge in [0.2, 0.25) is 5.69 Å². The van der Waals surface area contributed by atoms with Gasteiger partial charge in [0.1, 0.15) is 18.0 Å². The standard InChI is InChI=1S/C17H23N7O/c1-11-8-21-15(6-13(11)19-3)22-16-9-20-14(7-18)17(23-16)25-12(2)10-24(4)5/h6,8-9,12H,10H2,1-5H3,(H2,19,21,22,23)/t12-/m1/s1. The topological polar surface area (TPSA) is 99.0 Å². The van der Waals surface area contributed by atoms with Crippen LogP contribution in [0.25, 0.3) is 0 Å². The van der Waals surface area contributed by atoms with E-state index in [-0.39, 0.29) is 17.7 Å². The first kappa shape index (κ1) is 18.4. The van der Waals surface area contributed by atoms with E-state index < -0.39 is 0 Å². The summed E-state index contributed by atoms with van der Waals surface area (Å²) in [6, 6.07) is 3.88.